The average Bonchev–Trinajstić information content (AvgIpc) is 3.29. The monoisotopic (exact) mass is 430 g/mol. The molecular formula is C23H28F2N4O2. The zero-order valence-corrected chi connectivity index (χ0v) is 17.6. The predicted molar refractivity (Wildman–Crippen MR) is 114 cm³/mol. The minimum absolute atomic E-state index is 0.0294. The van der Waals surface area contributed by atoms with E-state index in [9.17, 15) is 18.4 Å². The Labute approximate surface area is 180 Å². The molecule has 1 saturated carbocycles. The van der Waals surface area contributed by atoms with Crippen molar-refractivity contribution in [3.05, 3.63) is 58.1 Å². The fourth-order valence-corrected chi connectivity index (χ4v) is 4.64. The second-order valence-corrected chi connectivity index (χ2v) is 8.67. The van der Waals surface area contributed by atoms with Crippen LogP contribution in [0.3, 0.4) is 0 Å². The van der Waals surface area contributed by atoms with Crippen LogP contribution < -0.4 is 10.9 Å². The summed E-state index contributed by atoms with van der Waals surface area (Å²) in [6, 6.07) is 5.92. The number of halogens is 2. The molecule has 2 atom stereocenters. The van der Waals surface area contributed by atoms with Crippen molar-refractivity contribution >= 4 is 11.7 Å². The van der Waals surface area contributed by atoms with E-state index in [4.69, 9.17) is 0 Å². The summed E-state index contributed by atoms with van der Waals surface area (Å²) in [6.07, 6.45) is 7.67. The SMILES string of the molecule is CC(C(=O)Nc1ccc(C2CCCC2)cn1)N1CCC(F)(F)C(c2ccc(=O)[nH]c2)C1. The summed E-state index contributed by atoms with van der Waals surface area (Å²) in [5.41, 5.74) is 1.23. The van der Waals surface area contributed by atoms with Gasteiger partial charge in [0.15, 0.2) is 0 Å². The molecule has 31 heavy (non-hydrogen) atoms. The van der Waals surface area contributed by atoms with E-state index in [0.29, 0.717) is 17.3 Å². The Bertz CT molecular complexity index is 950. The Morgan fingerprint density at radius 1 is 1.23 bits per heavy atom. The van der Waals surface area contributed by atoms with Gasteiger partial charge in [-0.1, -0.05) is 25.0 Å². The van der Waals surface area contributed by atoms with Gasteiger partial charge in [0.2, 0.25) is 11.5 Å². The lowest BCUT2D eigenvalue weighted by molar-refractivity contribution is -0.125. The Balaban J connectivity index is 1.41. The third-order valence-electron chi connectivity index (χ3n) is 6.66. The van der Waals surface area contributed by atoms with Crippen LogP contribution in [0.15, 0.2) is 41.5 Å². The van der Waals surface area contributed by atoms with Crippen LogP contribution in [0.1, 0.15) is 62.0 Å². The third kappa shape index (κ3) is 4.84. The minimum atomic E-state index is -2.90. The number of aromatic nitrogens is 2. The summed E-state index contributed by atoms with van der Waals surface area (Å²) in [7, 11) is 0. The molecule has 2 fully saturated rings. The molecule has 1 aliphatic carbocycles. The van der Waals surface area contributed by atoms with Crippen LogP contribution in [-0.4, -0.2) is 45.8 Å². The average molecular weight is 430 g/mol. The molecule has 1 saturated heterocycles. The highest BCUT2D eigenvalue weighted by Gasteiger charge is 2.46. The summed E-state index contributed by atoms with van der Waals surface area (Å²) >= 11 is 0. The number of nitrogens with one attached hydrogen (secondary N) is 2. The first-order valence-electron chi connectivity index (χ1n) is 10.9. The standard InChI is InChI=1S/C23H28F2N4O2/c1-15(22(31)28-20-8-6-17(12-26-20)16-4-2-3-5-16)29-11-10-23(24,25)19(14-29)18-7-9-21(30)27-13-18/h6-9,12-13,15-16,19H,2-5,10-11,14H2,1H3,(H,27,30)(H,26,28,31). The number of likely N-dealkylation sites (tertiary alicyclic amines) is 1. The van der Waals surface area contributed by atoms with Crippen molar-refractivity contribution in [1.29, 1.82) is 0 Å². The molecule has 0 aromatic carbocycles. The fourth-order valence-electron chi connectivity index (χ4n) is 4.64. The molecule has 3 heterocycles. The van der Waals surface area contributed by atoms with E-state index < -0.39 is 17.9 Å². The van der Waals surface area contributed by atoms with Crippen molar-refractivity contribution in [2.24, 2.45) is 0 Å². The summed E-state index contributed by atoms with van der Waals surface area (Å²) in [6.45, 7) is 1.87. The molecule has 2 N–H and O–H groups in total. The van der Waals surface area contributed by atoms with Crippen LogP contribution in [0.5, 0.6) is 0 Å². The Kier molecular flexibility index (Phi) is 6.18. The highest BCUT2D eigenvalue weighted by molar-refractivity contribution is 5.93. The number of alkyl halides is 2. The maximum Gasteiger partial charge on any atom is 0.257 e. The lowest BCUT2D eigenvalue weighted by Crippen LogP contribution is -2.52. The van der Waals surface area contributed by atoms with Crippen molar-refractivity contribution in [2.45, 2.75) is 62.8 Å². The van der Waals surface area contributed by atoms with Gasteiger partial charge < -0.3 is 10.3 Å². The molecule has 8 heteroatoms. The van der Waals surface area contributed by atoms with Crippen LogP contribution in [0, 0.1) is 0 Å². The van der Waals surface area contributed by atoms with Gasteiger partial charge in [-0.3, -0.25) is 14.5 Å². The normalized spacial score (nSPS) is 22.9. The van der Waals surface area contributed by atoms with E-state index in [0.717, 1.165) is 0 Å². The number of pyridine rings is 2. The molecule has 0 radical (unpaired) electrons. The van der Waals surface area contributed by atoms with E-state index in [1.54, 1.807) is 11.8 Å². The van der Waals surface area contributed by atoms with Gasteiger partial charge in [0, 0.05) is 38.0 Å². The fraction of sp³-hybridized carbons (Fsp3) is 0.522. The third-order valence-corrected chi connectivity index (χ3v) is 6.66. The second-order valence-electron chi connectivity index (χ2n) is 8.67. The first-order chi connectivity index (χ1) is 14.8. The van der Waals surface area contributed by atoms with Gasteiger partial charge in [0.05, 0.1) is 12.0 Å². The molecule has 0 bridgehead atoms. The summed E-state index contributed by atoms with van der Waals surface area (Å²) < 4.78 is 29.2. The number of amides is 1. The molecule has 2 aliphatic rings. The van der Waals surface area contributed by atoms with Crippen molar-refractivity contribution in [1.82, 2.24) is 14.9 Å². The number of anilines is 1. The maximum atomic E-state index is 14.6. The highest BCUT2D eigenvalue weighted by Crippen LogP contribution is 2.40. The molecule has 1 aliphatic heterocycles. The Morgan fingerprint density at radius 2 is 1.97 bits per heavy atom. The number of rotatable bonds is 5. The zero-order valence-electron chi connectivity index (χ0n) is 17.6. The Morgan fingerprint density at radius 3 is 2.61 bits per heavy atom. The van der Waals surface area contributed by atoms with Gasteiger partial charge in [0.25, 0.3) is 5.92 Å². The van der Waals surface area contributed by atoms with E-state index in [2.05, 4.69) is 15.3 Å². The van der Waals surface area contributed by atoms with Crippen LogP contribution >= 0.6 is 0 Å². The quantitative estimate of drug-likeness (QED) is 0.755. The van der Waals surface area contributed by atoms with Gasteiger partial charge in [-0.2, -0.15) is 0 Å². The van der Waals surface area contributed by atoms with E-state index in [1.165, 1.54) is 49.6 Å². The number of piperidine rings is 1. The first-order valence-corrected chi connectivity index (χ1v) is 10.9. The second kappa shape index (κ2) is 8.86. The summed E-state index contributed by atoms with van der Waals surface area (Å²) in [4.78, 5) is 32.7. The number of carbonyl (C=O) groups is 1. The molecule has 2 aromatic heterocycles. The van der Waals surface area contributed by atoms with Crippen molar-refractivity contribution in [3.8, 4) is 0 Å². The smallest absolute Gasteiger partial charge is 0.257 e. The van der Waals surface area contributed by atoms with E-state index in [1.807, 2.05) is 18.3 Å². The van der Waals surface area contributed by atoms with Gasteiger partial charge in [-0.15, -0.1) is 0 Å². The maximum absolute atomic E-state index is 14.6. The Hall–Kier alpha value is -2.61. The van der Waals surface area contributed by atoms with E-state index in [-0.39, 0.29) is 31.0 Å². The van der Waals surface area contributed by atoms with E-state index >= 15 is 0 Å². The van der Waals surface area contributed by atoms with Gasteiger partial charge in [0.1, 0.15) is 5.82 Å². The largest absolute Gasteiger partial charge is 0.329 e. The van der Waals surface area contributed by atoms with Crippen LogP contribution in [-0.2, 0) is 4.79 Å². The van der Waals surface area contributed by atoms with Crippen LogP contribution in [0.4, 0.5) is 14.6 Å². The number of carbonyl (C=O) groups excluding carboxylic acids is 1. The molecule has 2 aromatic rings. The number of hydrogen-bond donors (Lipinski definition) is 2. The molecule has 6 nitrogen and oxygen atoms in total. The summed E-state index contributed by atoms with van der Waals surface area (Å²) in [5, 5.41) is 2.81. The van der Waals surface area contributed by atoms with Crippen molar-refractivity contribution < 1.29 is 13.6 Å². The molecule has 166 valence electrons. The van der Waals surface area contributed by atoms with Crippen LogP contribution in [0.25, 0.3) is 0 Å². The molecule has 4 rings (SSSR count). The number of nitrogens with zero attached hydrogens (tertiary/aromatic N) is 2. The first kappa shape index (κ1) is 21.6. The van der Waals surface area contributed by atoms with Crippen LogP contribution in [0.2, 0.25) is 0 Å². The minimum Gasteiger partial charge on any atom is -0.329 e. The lowest BCUT2D eigenvalue weighted by Gasteiger charge is -2.40. The van der Waals surface area contributed by atoms with Gasteiger partial charge >= 0.3 is 0 Å². The molecular weight excluding hydrogens is 402 g/mol. The number of hydrogen-bond acceptors (Lipinski definition) is 4. The predicted octanol–water partition coefficient (Wildman–Crippen LogP) is 3.88. The topological polar surface area (TPSA) is 78.1 Å². The van der Waals surface area contributed by atoms with Crippen molar-refractivity contribution in [3.63, 3.8) is 0 Å². The molecule has 2 unspecified atom stereocenters. The van der Waals surface area contributed by atoms with Gasteiger partial charge in [-0.25, -0.2) is 13.8 Å². The van der Waals surface area contributed by atoms with Crippen molar-refractivity contribution in [2.75, 3.05) is 18.4 Å². The molecule has 0 spiro atoms. The number of aromatic amines is 1. The lowest BCUT2D eigenvalue weighted by atomic mass is 9.87. The molecule has 1 amide bonds. The number of H-pyrrole nitrogens is 1. The zero-order chi connectivity index (χ0) is 22.0. The van der Waals surface area contributed by atoms with Gasteiger partial charge in [-0.05, 0) is 42.9 Å². The summed E-state index contributed by atoms with van der Waals surface area (Å²) in [5.74, 6) is -3.24. The highest BCUT2D eigenvalue weighted by atomic mass is 19.3.